The third-order valence-corrected chi connectivity index (χ3v) is 4.64. The lowest BCUT2D eigenvalue weighted by atomic mass is 9.78. The molecule has 1 saturated carbocycles. The van der Waals surface area contributed by atoms with Crippen molar-refractivity contribution in [1.82, 2.24) is 5.32 Å². The van der Waals surface area contributed by atoms with Gasteiger partial charge in [-0.15, -0.1) is 4.91 Å². The molecular weight excluding hydrogens is 310 g/mol. The first-order valence-electron chi connectivity index (χ1n) is 7.79. The zero-order chi connectivity index (χ0) is 17.0. The van der Waals surface area contributed by atoms with Crippen molar-refractivity contribution < 1.29 is 9.53 Å². The fourth-order valence-electron chi connectivity index (χ4n) is 3.47. The summed E-state index contributed by atoms with van der Waals surface area (Å²) in [7, 11) is 0. The van der Waals surface area contributed by atoms with Gasteiger partial charge in [0.05, 0.1) is 17.2 Å². The Morgan fingerprint density at radius 1 is 1.29 bits per heavy atom. The van der Waals surface area contributed by atoms with Gasteiger partial charge < -0.3 is 10.1 Å². The van der Waals surface area contributed by atoms with Crippen molar-refractivity contribution in [2.24, 2.45) is 10.3 Å². The molecule has 0 aromatic heterocycles. The van der Waals surface area contributed by atoms with Crippen LogP contribution in [0.5, 0.6) is 0 Å². The highest BCUT2D eigenvalue weighted by atomic mass is 16.5. The molecular formula is C16H17N5O3. The molecule has 1 heterocycles. The Labute approximate surface area is 138 Å². The number of nitrogens with zero attached hydrogens (tertiary/aromatic N) is 4. The fraction of sp³-hybridized carbons (Fsp3) is 0.438. The van der Waals surface area contributed by atoms with Crippen molar-refractivity contribution in [3.05, 3.63) is 56.9 Å². The van der Waals surface area contributed by atoms with Crippen molar-refractivity contribution in [2.45, 2.75) is 37.3 Å². The molecule has 124 valence electrons. The molecule has 0 bridgehead atoms. The highest BCUT2D eigenvalue weighted by Gasteiger charge is 2.48. The van der Waals surface area contributed by atoms with Crippen LogP contribution in [0, 0.1) is 4.91 Å². The number of hydrogen-bond donors (Lipinski definition) is 1. The van der Waals surface area contributed by atoms with E-state index in [4.69, 9.17) is 10.3 Å². The van der Waals surface area contributed by atoms with Gasteiger partial charge in [0.2, 0.25) is 0 Å². The third kappa shape index (κ3) is 2.89. The second-order valence-corrected chi connectivity index (χ2v) is 5.94. The number of amides is 1. The van der Waals surface area contributed by atoms with Crippen LogP contribution in [0.3, 0.4) is 0 Å². The SMILES string of the molecule is [N-]=[N+]=NCO[C@H]1CC[C@]2(CC1)NC(=O)C(c1ccccc1)=C2N=O. The molecule has 1 fully saturated rings. The minimum atomic E-state index is -0.720. The van der Waals surface area contributed by atoms with Gasteiger partial charge in [-0.1, -0.05) is 35.4 Å². The largest absolute Gasteiger partial charge is 0.372 e. The Hall–Kier alpha value is -2.70. The predicted molar refractivity (Wildman–Crippen MR) is 87.4 cm³/mol. The molecule has 1 aromatic rings. The summed E-state index contributed by atoms with van der Waals surface area (Å²) in [5.74, 6) is -0.260. The van der Waals surface area contributed by atoms with E-state index < -0.39 is 5.54 Å². The Bertz CT molecular complexity index is 716. The summed E-state index contributed by atoms with van der Waals surface area (Å²) >= 11 is 0. The maximum Gasteiger partial charge on any atom is 0.254 e. The summed E-state index contributed by atoms with van der Waals surface area (Å²) in [6, 6.07) is 9.10. The van der Waals surface area contributed by atoms with E-state index in [0.717, 1.165) is 0 Å². The average molecular weight is 327 g/mol. The van der Waals surface area contributed by atoms with Crippen molar-refractivity contribution in [1.29, 1.82) is 0 Å². The molecule has 1 aliphatic carbocycles. The minimum absolute atomic E-state index is 0.00951. The van der Waals surface area contributed by atoms with Gasteiger partial charge in [-0.2, -0.15) is 0 Å². The molecule has 8 heteroatoms. The molecule has 1 aromatic carbocycles. The summed E-state index contributed by atoms with van der Waals surface area (Å²) in [6.07, 6.45) is 2.39. The van der Waals surface area contributed by atoms with Crippen molar-refractivity contribution >= 4 is 11.5 Å². The zero-order valence-corrected chi connectivity index (χ0v) is 13.0. The van der Waals surface area contributed by atoms with Gasteiger partial charge in [-0.3, -0.25) is 4.79 Å². The van der Waals surface area contributed by atoms with E-state index in [1.54, 1.807) is 12.1 Å². The molecule has 8 nitrogen and oxygen atoms in total. The number of azide groups is 1. The third-order valence-electron chi connectivity index (χ3n) is 4.64. The maximum atomic E-state index is 12.5. The van der Waals surface area contributed by atoms with Gasteiger partial charge in [0.25, 0.3) is 5.91 Å². The number of carbonyl (C=O) groups is 1. The number of hydrogen-bond acceptors (Lipinski definition) is 5. The summed E-state index contributed by atoms with van der Waals surface area (Å²) < 4.78 is 5.48. The van der Waals surface area contributed by atoms with E-state index in [1.807, 2.05) is 18.2 Å². The normalized spacial score (nSPS) is 26.2. The van der Waals surface area contributed by atoms with Crippen LogP contribution in [-0.4, -0.2) is 24.3 Å². The molecule has 0 radical (unpaired) electrons. The molecule has 2 aliphatic rings. The summed E-state index contributed by atoms with van der Waals surface area (Å²) in [4.78, 5) is 26.6. The lowest BCUT2D eigenvalue weighted by Crippen LogP contribution is -2.48. The first-order chi connectivity index (χ1) is 11.7. The summed E-state index contributed by atoms with van der Waals surface area (Å²) in [5.41, 5.74) is 8.90. The first kappa shape index (κ1) is 16.2. The average Bonchev–Trinajstić information content (AvgIpc) is 2.89. The number of ether oxygens (including phenoxy) is 1. The quantitative estimate of drug-likeness (QED) is 0.387. The predicted octanol–water partition coefficient (Wildman–Crippen LogP) is 3.26. The van der Waals surface area contributed by atoms with Crippen LogP contribution in [-0.2, 0) is 9.53 Å². The van der Waals surface area contributed by atoms with Crippen LogP contribution in [0.2, 0.25) is 0 Å². The number of rotatable bonds is 5. The molecule has 0 atom stereocenters. The van der Waals surface area contributed by atoms with Gasteiger partial charge >= 0.3 is 0 Å². The van der Waals surface area contributed by atoms with E-state index in [1.165, 1.54) is 0 Å². The summed E-state index contributed by atoms with van der Waals surface area (Å²) in [5, 5.41) is 9.53. The number of nitroso groups, excluding NO2 is 1. The van der Waals surface area contributed by atoms with Crippen LogP contribution < -0.4 is 5.32 Å². The van der Waals surface area contributed by atoms with Crippen LogP contribution >= 0.6 is 0 Å². The number of benzene rings is 1. The molecule has 1 spiro atoms. The van der Waals surface area contributed by atoms with E-state index in [2.05, 4.69) is 20.5 Å². The van der Waals surface area contributed by atoms with Crippen molar-refractivity contribution in [2.75, 3.05) is 6.73 Å². The van der Waals surface area contributed by atoms with E-state index in [9.17, 15) is 9.70 Å². The Morgan fingerprint density at radius 2 is 2.00 bits per heavy atom. The van der Waals surface area contributed by atoms with E-state index >= 15 is 0 Å². The van der Waals surface area contributed by atoms with Crippen molar-refractivity contribution in [3.63, 3.8) is 0 Å². The molecule has 1 N–H and O–H groups in total. The second kappa shape index (κ2) is 6.82. The molecule has 3 rings (SSSR count). The molecule has 1 aliphatic heterocycles. The van der Waals surface area contributed by atoms with Crippen LogP contribution in [0.15, 0.2) is 46.3 Å². The van der Waals surface area contributed by atoms with Crippen LogP contribution in [0.4, 0.5) is 0 Å². The van der Waals surface area contributed by atoms with E-state index in [-0.39, 0.29) is 24.4 Å². The first-order valence-corrected chi connectivity index (χ1v) is 7.79. The lowest BCUT2D eigenvalue weighted by Gasteiger charge is -2.36. The van der Waals surface area contributed by atoms with E-state index in [0.29, 0.717) is 36.8 Å². The van der Waals surface area contributed by atoms with Gasteiger partial charge in [0, 0.05) is 4.91 Å². The number of carbonyl (C=O) groups excluding carboxylic acids is 1. The Kier molecular flexibility index (Phi) is 4.59. The Balaban J connectivity index is 1.82. The topological polar surface area (TPSA) is 117 Å². The van der Waals surface area contributed by atoms with Gasteiger partial charge in [-0.25, -0.2) is 0 Å². The fourth-order valence-corrected chi connectivity index (χ4v) is 3.47. The van der Waals surface area contributed by atoms with Crippen LogP contribution in [0.25, 0.3) is 16.0 Å². The molecule has 1 amide bonds. The van der Waals surface area contributed by atoms with Gasteiger partial charge in [0.1, 0.15) is 12.4 Å². The van der Waals surface area contributed by atoms with Gasteiger partial charge in [-0.05, 0) is 42.0 Å². The highest BCUT2D eigenvalue weighted by molar-refractivity contribution is 6.23. The zero-order valence-electron chi connectivity index (χ0n) is 13.0. The Morgan fingerprint density at radius 3 is 2.62 bits per heavy atom. The second-order valence-electron chi connectivity index (χ2n) is 5.94. The molecule has 24 heavy (non-hydrogen) atoms. The lowest BCUT2D eigenvalue weighted by molar-refractivity contribution is -0.116. The minimum Gasteiger partial charge on any atom is -0.372 e. The van der Waals surface area contributed by atoms with Crippen LogP contribution in [0.1, 0.15) is 31.2 Å². The molecule has 0 unspecified atom stereocenters. The molecule has 0 saturated heterocycles. The smallest absolute Gasteiger partial charge is 0.254 e. The maximum absolute atomic E-state index is 12.5. The highest BCUT2D eigenvalue weighted by Crippen LogP contribution is 2.43. The van der Waals surface area contributed by atoms with Crippen molar-refractivity contribution in [3.8, 4) is 0 Å². The standard InChI is InChI=1S/C16H17N5O3/c17-21-18-10-24-12-6-8-16(9-7-12)14(20-23)13(15(22)19-16)11-4-2-1-3-5-11/h1-5,12H,6-10H2,(H,19,22)/t12-,16+. The monoisotopic (exact) mass is 327 g/mol. The number of nitrogens with one attached hydrogen (secondary N) is 1. The van der Waals surface area contributed by atoms with Gasteiger partial charge in [0.15, 0.2) is 0 Å². The summed E-state index contributed by atoms with van der Waals surface area (Å²) in [6.45, 7) is -0.00951.